The van der Waals surface area contributed by atoms with Crippen LogP contribution in [0.3, 0.4) is 0 Å². The molecule has 1 fully saturated rings. The average molecular weight is 490 g/mol. The average Bonchev–Trinajstić information content (AvgIpc) is 2.96. The number of anilines is 2. The van der Waals surface area contributed by atoms with Gasteiger partial charge in [-0.3, -0.25) is 9.69 Å². The Morgan fingerprint density at radius 1 is 1.24 bits per heavy atom. The fourth-order valence-electron chi connectivity index (χ4n) is 4.38. The van der Waals surface area contributed by atoms with E-state index in [-0.39, 0.29) is 23.5 Å². The SMILES string of the molecule is CC1(C)C(=O)N(c2ccc(C#N)c(C(F)(F)F)c2)C(=S)N1c1ccc2c(c1)CC[C@@H](CCO)O2. The number of nitriles is 1. The Labute approximate surface area is 200 Å². The summed E-state index contributed by atoms with van der Waals surface area (Å²) in [6.07, 6.45) is -2.83. The highest BCUT2D eigenvalue weighted by Gasteiger charge is 2.51. The molecule has 0 saturated carbocycles. The molecule has 1 amide bonds. The first-order valence-corrected chi connectivity index (χ1v) is 11.1. The van der Waals surface area contributed by atoms with Gasteiger partial charge in [-0.2, -0.15) is 18.4 Å². The molecule has 1 N–H and O–H groups in total. The topological polar surface area (TPSA) is 76.8 Å². The molecule has 0 unspecified atom stereocenters. The summed E-state index contributed by atoms with van der Waals surface area (Å²) in [4.78, 5) is 16.0. The second-order valence-corrected chi connectivity index (χ2v) is 9.11. The van der Waals surface area contributed by atoms with Gasteiger partial charge in [0.05, 0.1) is 22.9 Å². The van der Waals surface area contributed by atoms with E-state index in [1.807, 2.05) is 6.07 Å². The van der Waals surface area contributed by atoms with E-state index in [9.17, 15) is 18.0 Å². The Bertz CT molecular complexity index is 1210. The molecule has 2 aliphatic rings. The number of aliphatic hydroxyl groups excluding tert-OH is 1. The first-order chi connectivity index (χ1) is 16.0. The maximum Gasteiger partial charge on any atom is 0.417 e. The van der Waals surface area contributed by atoms with E-state index < -0.39 is 28.7 Å². The summed E-state index contributed by atoms with van der Waals surface area (Å²) in [6, 6.07) is 10.1. The first-order valence-electron chi connectivity index (χ1n) is 10.7. The van der Waals surface area contributed by atoms with Gasteiger partial charge in [0.2, 0.25) is 0 Å². The number of carbonyl (C=O) groups excluding carboxylic acids is 1. The molecule has 2 aliphatic heterocycles. The summed E-state index contributed by atoms with van der Waals surface area (Å²) in [5.74, 6) is 0.216. The van der Waals surface area contributed by atoms with Crippen LogP contribution in [0.4, 0.5) is 24.5 Å². The molecule has 6 nitrogen and oxygen atoms in total. The molecule has 10 heteroatoms. The number of benzene rings is 2. The van der Waals surface area contributed by atoms with Gasteiger partial charge in [0.25, 0.3) is 5.91 Å². The molecule has 0 aromatic heterocycles. The highest BCUT2D eigenvalue weighted by molar-refractivity contribution is 7.81. The summed E-state index contributed by atoms with van der Waals surface area (Å²) in [5.41, 5.74) is -1.31. The van der Waals surface area contributed by atoms with Crippen LogP contribution >= 0.6 is 12.2 Å². The van der Waals surface area contributed by atoms with Crippen molar-refractivity contribution in [3.05, 3.63) is 53.1 Å². The van der Waals surface area contributed by atoms with Crippen molar-refractivity contribution in [1.29, 1.82) is 5.26 Å². The Hall–Kier alpha value is -3.16. The van der Waals surface area contributed by atoms with Crippen LogP contribution in [0.15, 0.2) is 36.4 Å². The van der Waals surface area contributed by atoms with Gasteiger partial charge in [0.15, 0.2) is 5.11 Å². The van der Waals surface area contributed by atoms with Gasteiger partial charge in [0, 0.05) is 18.7 Å². The van der Waals surface area contributed by atoms with Crippen LogP contribution in [0, 0.1) is 11.3 Å². The molecule has 0 spiro atoms. The van der Waals surface area contributed by atoms with Crippen molar-refractivity contribution in [3.8, 4) is 11.8 Å². The zero-order valence-electron chi connectivity index (χ0n) is 18.5. The van der Waals surface area contributed by atoms with Gasteiger partial charge in [-0.1, -0.05) is 0 Å². The Balaban J connectivity index is 1.71. The Morgan fingerprint density at radius 3 is 2.59 bits per heavy atom. The van der Waals surface area contributed by atoms with E-state index in [0.29, 0.717) is 17.9 Å². The summed E-state index contributed by atoms with van der Waals surface area (Å²) >= 11 is 5.58. The number of hydrogen-bond acceptors (Lipinski definition) is 5. The van der Waals surface area contributed by atoms with Gasteiger partial charge in [-0.15, -0.1) is 0 Å². The van der Waals surface area contributed by atoms with Gasteiger partial charge in [-0.05, 0) is 80.9 Å². The largest absolute Gasteiger partial charge is 0.490 e. The van der Waals surface area contributed by atoms with E-state index in [4.69, 9.17) is 27.3 Å². The third kappa shape index (κ3) is 3.99. The lowest BCUT2D eigenvalue weighted by Gasteiger charge is -2.31. The number of aliphatic hydroxyl groups is 1. The minimum Gasteiger partial charge on any atom is -0.490 e. The summed E-state index contributed by atoms with van der Waals surface area (Å²) in [5, 5.41) is 18.3. The molecule has 2 aromatic carbocycles. The molecule has 2 aromatic rings. The minimum atomic E-state index is -4.76. The van der Waals surface area contributed by atoms with Crippen LogP contribution in [0.2, 0.25) is 0 Å². The number of fused-ring (bicyclic) bond motifs is 1. The minimum absolute atomic E-state index is 0.0394. The Kier molecular flexibility index (Phi) is 6.04. The molecular formula is C24H22F3N3O3S. The van der Waals surface area contributed by atoms with Crippen LogP contribution in [-0.2, 0) is 17.4 Å². The molecular weight excluding hydrogens is 467 g/mol. The predicted molar refractivity (Wildman–Crippen MR) is 124 cm³/mol. The van der Waals surface area contributed by atoms with E-state index in [1.165, 1.54) is 6.07 Å². The lowest BCUT2D eigenvalue weighted by Crippen LogP contribution is -2.44. The molecule has 0 aliphatic carbocycles. The fourth-order valence-corrected chi connectivity index (χ4v) is 4.90. The molecule has 34 heavy (non-hydrogen) atoms. The number of nitrogens with zero attached hydrogens (tertiary/aromatic N) is 3. The molecule has 1 atom stereocenters. The summed E-state index contributed by atoms with van der Waals surface area (Å²) in [6.45, 7) is 3.35. The fraction of sp³-hybridized carbons (Fsp3) is 0.375. The van der Waals surface area contributed by atoms with Crippen molar-refractivity contribution < 1.29 is 27.8 Å². The van der Waals surface area contributed by atoms with E-state index >= 15 is 0 Å². The van der Waals surface area contributed by atoms with Crippen molar-refractivity contribution in [2.24, 2.45) is 0 Å². The zero-order valence-corrected chi connectivity index (χ0v) is 19.3. The van der Waals surface area contributed by atoms with E-state index in [2.05, 4.69) is 0 Å². The van der Waals surface area contributed by atoms with Gasteiger partial charge in [0.1, 0.15) is 17.4 Å². The molecule has 1 saturated heterocycles. The number of ether oxygens (including phenoxy) is 1. The number of thiocarbonyl (C=S) groups is 1. The number of amides is 1. The second kappa shape index (κ2) is 8.56. The van der Waals surface area contributed by atoms with Crippen LogP contribution in [0.1, 0.15) is 43.4 Å². The third-order valence-corrected chi connectivity index (χ3v) is 6.50. The van der Waals surface area contributed by atoms with Gasteiger partial charge < -0.3 is 14.7 Å². The quantitative estimate of drug-likeness (QED) is 0.634. The molecule has 0 bridgehead atoms. The molecule has 4 rings (SSSR count). The van der Waals surface area contributed by atoms with E-state index in [0.717, 1.165) is 35.4 Å². The Morgan fingerprint density at radius 2 is 1.94 bits per heavy atom. The molecule has 2 heterocycles. The number of carbonyl (C=O) groups is 1. The summed E-state index contributed by atoms with van der Waals surface area (Å²) in [7, 11) is 0. The van der Waals surface area contributed by atoms with Crippen molar-refractivity contribution in [3.63, 3.8) is 0 Å². The van der Waals surface area contributed by atoms with Crippen LogP contribution in [-0.4, -0.2) is 34.4 Å². The predicted octanol–water partition coefficient (Wildman–Crippen LogP) is 4.57. The van der Waals surface area contributed by atoms with Crippen molar-refractivity contribution >= 4 is 34.6 Å². The number of halogens is 3. The first kappa shape index (κ1) is 24.0. The van der Waals surface area contributed by atoms with Crippen LogP contribution in [0.25, 0.3) is 0 Å². The zero-order chi connectivity index (χ0) is 24.8. The second-order valence-electron chi connectivity index (χ2n) is 8.74. The number of hydrogen-bond donors (Lipinski definition) is 1. The van der Waals surface area contributed by atoms with Crippen molar-refractivity contribution in [2.45, 2.75) is 50.9 Å². The summed E-state index contributed by atoms with van der Waals surface area (Å²) < 4.78 is 46.4. The van der Waals surface area contributed by atoms with Crippen LogP contribution < -0.4 is 14.5 Å². The van der Waals surface area contributed by atoms with E-state index in [1.54, 1.807) is 36.9 Å². The van der Waals surface area contributed by atoms with Crippen LogP contribution in [0.5, 0.6) is 5.75 Å². The molecule has 178 valence electrons. The van der Waals surface area contributed by atoms with Gasteiger partial charge in [-0.25, -0.2) is 0 Å². The monoisotopic (exact) mass is 489 g/mol. The van der Waals surface area contributed by atoms with Crippen molar-refractivity contribution in [1.82, 2.24) is 0 Å². The highest BCUT2D eigenvalue weighted by atomic mass is 32.1. The maximum absolute atomic E-state index is 13.5. The molecule has 0 radical (unpaired) electrons. The maximum atomic E-state index is 13.5. The normalized spacial score (nSPS) is 19.6. The smallest absolute Gasteiger partial charge is 0.417 e. The lowest BCUT2D eigenvalue weighted by molar-refractivity contribution is -0.137. The standard InChI is InChI=1S/C24H22F3N3O3S/c1-23(2)21(32)29(16-5-3-15(13-28)19(12-16)24(25,26)27)22(34)30(23)17-6-8-20-14(11-17)4-7-18(33-20)9-10-31/h3,5-6,8,11-12,18,31H,4,7,9-10H2,1-2H3/t18-/m0/s1. The number of aryl methyl sites for hydroxylation is 1. The van der Waals surface area contributed by atoms with Gasteiger partial charge >= 0.3 is 6.18 Å². The van der Waals surface area contributed by atoms with Crippen molar-refractivity contribution in [2.75, 3.05) is 16.4 Å². The third-order valence-electron chi connectivity index (χ3n) is 6.14. The number of alkyl halides is 3. The highest BCUT2D eigenvalue weighted by Crippen LogP contribution is 2.41. The lowest BCUT2D eigenvalue weighted by atomic mass is 9.98. The number of rotatable bonds is 4.